The minimum atomic E-state index is -1.03. The van der Waals surface area contributed by atoms with E-state index in [1.165, 1.54) is 6.07 Å². The lowest BCUT2D eigenvalue weighted by molar-refractivity contribution is -0.0722. The fourth-order valence-corrected chi connectivity index (χ4v) is 2.44. The number of anilines is 1. The molecule has 1 fully saturated rings. The molecule has 1 heterocycles. The number of carboxylic acids is 1. The lowest BCUT2D eigenvalue weighted by Gasteiger charge is -2.32. The molecule has 1 aliphatic heterocycles. The van der Waals surface area contributed by atoms with E-state index in [9.17, 15) is 4.79 Å². The molecule has 0 aliphatic carbocycles. The van der Waals surface area contributed by atoms with Gasteiger partial charge in [-0.2, -0.15) is 0 Å². The van der Waals surface area contributed by atoms with E-state index >= 15 is 0 Å². The first kappa shape index (κ1) is 13.7. The summed E-state index contributed by atoms with van der Waals surface area (Å²) in [5, 5.41) is 9.16. The SMILES string of the molecule is CC1CC(Oc2ccc(N)cc2C(=O)O)CC(C)O1. The molecule has 19 heavy (non-hydrogen) atoms. The van der Waals surface area contributed by atoms with E-state index in [4.69, 9.17) is 20.3 Å². The van der Waals surface area contributed by atoms with Gasteiger partial charge in [-0.15, -0.1) is 0 Å². The number of carboxylic acid groups (broad SMARTS) is 1. The Labute approximate surface area is 112 Å². The third-order valence-electron chi connectivity index (χ3n) is 3.18. The van der Waals surface area contributed by atoms with Crippen molar-refractivity contribution in [2.75, 3.05) is 5.73 Å². The van der Waals surface area contributed by atoms with Gasteiger partial charge in [-0.05, 0) is 32.0 Å². The van der Waals surface area contributed by atoms with Crippen molar-refractivity contribution in [3.8, 4) is 5.75 Å². The van der Waals surface area contributed by atoms with E-state index in [0.29, 0.717) is 11.4 Å². The Morgan fingerprint density at radius 2 is 2.00 bits per heavy atom. The minimum Gasteiger partial charge on any atom is -0.489 e. The Morgan fingerprint density at radius 1 is 1.37 bits per heavy atom. The number of rotatable bonds is 3. The van der Waals surface area contributed by atoms with Gasteiger partial charge in [0.05, 0.1) is 12.2 Å². The Hall–Kier alpha value is -1.75. The Morgan fingerprint density at radius 3 is 2.58 bits per heavy atom. The molecule has 1 aromatic rings. The van der Waals surface area contributed by atoms with Gasteiger partial charge in [0, 0.05) is 18.5 Å². The van der Waals surface area contributed by atoms with Crippen LogP contribution in [0.3, 0.4) is 0 Å². The molecule has 0 radical (unpaired) electrons. The van der Waals surface area contributed by atoms with Crippen molar-refractivity contribution in [1.29, 1.82) is 0 Å². The zero-order valence-electron chi connectivity index (χ0n) is 11.1. The summed E-state index contributed by atoms with van der Waals surface area (Å²) < 4.78 is 11.5. The van der Waals surface area contributed by atoms with Gasteiger partial charge in [-0.1, -0.05) is 0 Å². The van der Waals surface area contributed by atoms with Crippen LogP contribution in [0.2, 0.25) is 0 Å². The molecule has 5 nitrogen and oxygen atoms in total. The van der Waals surface area contributed by atoms with Crippen LogP contribution in [0.5, 0.6) is 5.75 Å². The molecule has 3 N–H and O–H groups in total. The molecule has 0 spiro atoms. The maximum Gasteiger partial charge on any atom is 0.339 e. The quantitative estimate of drug-likeness (QED) is 0.819. The summed E-state index contributed by atoms with van der Waals surface area (Å²) >= 11 is 0. The number of benzene rings is 1. The first-order valence-corrected chi connectivity index (χ1v) is 6.40. The molecule has 104 valence electrons. The molecule has 2 rings (SSSR count). The number of hydrogen-bond acceptors (Lipinski definition) is 4. The molecule has 1 saturated heterocycles. The molecular weight excluding hydrogens is 246 g/mol. The Bertz CT molecular complexity index is 465. The van der Waals surface area contributed by atoms with Crippen LogP contribution in [-0.4, -0.2) is 29.4 Å². The number of nitrogens with two attached hydrogens (primary N) is 1. The van der Waals surface area contributed by atoms with Gasteiger partial charge in [0.1, 0.15) is 17.4 Å². The van der Waals surface area contributed by atoms with Crippen LogP contribution in [0, 0.1) is 0 Å². The molecule has 0 amide bonds. The molecule has 0 aromatic heterocycles. The molecule has 2 unspecified atom stereocenters. The summed E-state index contributed by atoms with van der Waals surface area (Å²) in [6.07, 6.45) is 1.73. The van der Waals surface area contributed by atoms with E-state index in [1.807, 2.05) is 13.8 Å². The summed E-state index contributed by atoms with van der Waals surface area (Å²) in [6.45, 7) is 3.99. The first-order chi connectivity index (χ1) is 8.95. The topological polar surface area (TPSA) is 81.8 Å². The lowest BCUT2D eigenvalue weighted by atomic mass is 10.0. The normalized spacial score (nSPS) is 26.9. The van der Waals surface area contributed by atoms with Crippen molar-refractivity contribution < 1.29 is 19.4 Å². The van der Waals surface area contributed by atoms with Crippen molar-refractivity contribution >= 4 is 11.7 Å². The second kappa shape index (κ2) is 5.48. The van der Waals surface area contributed by atoms with Gasteiger partial charge in [0.15, 0.2) is 0 Å². The highest BCUT2D eigenvalue weighted by Crippen LogP contribution is 2.27. The number of carbonyl (C=O) groups is 1. The zero-order chi connectivity index (χ0) is 14.0. The van der Waals surface area contributed by atoms with Crippen molar-refractivity contribution in [2.24, 2.45) is 0 Å². The average Bonchev–Trinajstić information content (AvgIpc) is 2.30. The highest BCUT2D eigenvalue weighted by molar-refractivity contribution is 5.92. The number of aromatic carboxylic acids is 1. The van der Waals surface area contributed by atoms with Crippen LogP contribution >= 0.6 is 0 Å². The van der Waals surface area contributed by atoms with Crippen LogP contribution in [0.1, 0.15) is 37.0 Å². The lowest BCUT2D eigenvalue weighted by Crippen LogP contribution is -2.36. The molecule has 5 heteroatoms. The van der Waals surface area contributed by atoms with E-state index in [1.54, 1.807) is 12.1 Å². The largest absolute Gasteiger partial charge is 0.489 e. The summed E-state index contributed by atoms with van der Waals surface area (Å²) in [4.78, 5) is 11.2. The van der Waals surface area contributed by atoms with Crippen LogP contribution in [0.4, 0.5) is 5.69 Å². The van der Waals surface area contributed by atoms with Crippen LogP contribution in [0.15, 0.2) is 18.2 Å². The van der Waals surface area contributed by atoms with Gasteiger partial charge >= 0.3 is 5.97 Å². The third-order valence-corrected chi connectivity index (χ3v) is 3.18. The number of ether oxygens (including phenoxy) is 2. The van der Waals surface area contributed by atoms with Crippen LogP contribution < -0.4 is 10.5 Å². The molecule has 1 aliphatic rings. The second-order valence-electron chi connectivity index (χ2n) is 5.03. The average molecular weight is 265 g/mol. The molecule has 0 bridgehead atoms. The Kier molecular flexibility index (Phi) is 3.95. The van der Waals surface area contributed by atoms with E-state index in [-0.39, 0.29) is 23.9 Å². The smallest absolute Gasteiger partial charge is 0.339 e. The van der Waals surface area contributed by atoms with Crippen molar-refractivity contribution in [3.63, 3.8) is 0 Å². The molecule has 0 saturated carbocycles. The number of hydrogen-bond donors (Lipinski definition) is 2. The second-order valence-corrected chi connectivity index (χ2v) is 5.03. The van der Waals surface area contributed by atoms with Crippen molar-refractivity contribution in [3.05, 3.63) is 23.8 Å². The van der Waals surface area contributed by atoms with E-state index in [2.05, 4.69) is 0 Å². The maximum atomic E-state index is 11.2. The first-order valence-electron chi connectivity index (χ1n) is 6.40. The van der Waals surface area contributed by atoms with Gasteiger partial charge in [0.2, 0.25) is 0 Å². The van der Waals surface area contributed by atoms with Gasteiger partial charge in [0.25, 0.3) is 0 Å². The highest BCUT2D eigenvalue weighted by Gasteiger charge is 2.27. The van der Waals surface area contributed by atoms with Crippen molar-refractivity contribution in [2.45, 2.75) is 45.0 Å². The van der Waals surface area contributed by atoms with Gasteiger partial charge in [-0.3, -0.25) is 0 Å². The van der Waals surface area contributed by atoms with Crippen molar-refractivity contribution in [1.82, 2.24) is 0 Å². The predicted molar refractivity (Wildman–Crippen MR) is 71.5 cm³/mol. The monoisotopic (exact) mass is 265 g/mol. The predicted octanol–water partition coefficient (Wildman–Crippen LogP) is 2.30. The summed E-state index contributed by atoms with van der Waals surface area (Å²) in [7, 11) is 0. The highest BCUT2D eigenvalue weighted by atomic mass is 16.5. The fourth-order valence-electron chi connectivity index (χ4n) is 2.44. The minimum absolute atomic E-state index is 0.0273. The van der Waals surface area contributed by atoms with Gasteiger partial charge in [-0.25, -0.2) is 4.79 Å². The molecule has 1 aromatic carbocycles. The Balaban J connectivity index is 2.16. The summed E-state index contributed by atoms with van der Waals surface area (Å²) in [5.74, 6) is -0.663. The van der Waals surface area contributed by atoms with E-state index in [0.717, 1.165) is 12.8 Å². The molecular formula is C14H19NO4. The standard InChI is InChI=1S/C14H19NO4/c1-8-5-11(6-9(2)18-8)19-13-4-3-10(15)7-12(13)14(16)17/h3-4,7-9,11H,5-6,15H2,1-2H3,(H,16,17). The zero-order valence-corrected chi connectivity index (χ0v) is 11.1. The van der Waals surface area contributed by atoms with Gasteiger partial charge < -0.3 is 20.3 Å². The number of nitrogen functional groups attached to an aromatic ring is 1. The maximum absolute atomic E-state index is 11.2. The van der Waals surface area contributed by atoms with Crippen LogP contribution in [0.25, 0.3) is 0 Å². The van der Waals surface area contributed by atoms with Crippen LogP contribution in [-0.2, 0) is 4.74 Å². The molecule has 2 atom stereocenters. The fraction of sp³-hybridized carbons (Fsp3) is 0.500. The summed E-state index contributed by atoms with van der Waals surface area (Å²) in [5.41, 5.74) is 6.12. The summed E-state index contributed by atoms with van der Waals surface area (Å²) in [6, 6.07) is 4.68. The van der Waals surface area contributed by atoms with E-state index < -0.39 is 5.97 Å². The third kappa shape index (κ3) is 3.38.